The molecule has 0 radical (unpaired) electrons. The Morgan fingerprint density at radius 2 is 2.00 bits per heavy atom. The summed E-state index contributed by atoms with van der Waals surface area (Å²) in [6.45, 7) is 8.17. The van der Waals surface area contributed by atoms with Gasteiger partial charge in [0.1, 0.15) is 16.7 Å². The topological polar surface area (TPSA) is 39.7 Å². The van der Waals surface area contributed by atoms with Gasteiger partial charge in [-0.1, -0.05) is 13.8 Å². The Labute approximate surface area is 145 Å². The van der Waals surface area contributed by atoms with Crippen molar-refractivity contribution in [3.05, 3.63) is 40.5 Å². The number of piperazine rings is 1. The second-order valence-corrected chi connectivity index (χ2v) is 7.59. The van der Waals surface area contributed by atoms with Crippen molar-refractivity contribution in [3.63, 3.8) is 0 Å². The molecular formula is C18H21FN4S. The van der Waals surface area contributed by atoms with Gasteiger partial charge in [-0.05, 0) is 30.2 Å². The molecule has 2 aliphatic heterocycles. The Bertz CT molecular complexity index is 790. The highest BCUT2D eigenvalue weighted by Crippen LogP contribution is 2.41. The third kappa shape index (κ3) is 2.80. The van der Waals surface area contributed by atoms with Gasteiger partial charge in [-0.15, -0.1) is 11.3 Å². The molecular weight excluding hydrogens is 323 g/mol. The fourth-order valence-electron chi connectivity index (χ4n) is 3.07. The molecule has 1 saturated heterocycles. The lowest BCUT2D eigenvalue weighted by Crippen LogP contribution is -2.46. The predicted molar refractivity (Wildman–Crippen MR) is 98.7 cm³/mol. The lowest BCUT2D eigenvalue weighted by molar-refractivity contribution is 0.358. The van der Waals surface area contributed by atoms with Crippen molar-refractivity contribution in [2.75, 3.05) is 31.5 Å². The number of benzene rings is 1. The summed E-state index contributed by atoms with van der Waals surface area (Å²) < 4.78 is 13.7. The summed E-state index contributed by atoms with van der Waals surface area (Å²) in [6, 6.07) is 6.98. The fourth-order valence-corrected chi connectivity index (χ4v) is 4.14. The van der Waals surface area contributed by atoms with Gasteiger partial charge in [-0.25, -0.2) is 9.38 Å². The summed E-state index contributed by atoms with van der Waals surface area (Å²) in [4.78, 5) is 8.55. The van der Waals surface area contributed by atoms with Gasteiger partial charge in [0.05, 0.1) is 16.9 Å². The molecule has 0 spiro atoms. The van der Waals surface area contributed by atoms with Gasteiger partial charge >= 0.3 is 0 Å². The molecule has 0 amide bonds. The molecule has 1 aromatic carbocycles. The molecule has 2 aliphatic rings. The Morgan fingerprint density at radius 3 is 2.75 bits per heavy atom. The van der Waals surface area contributed by atoms with Gasteiger partial charge < -0.3 is 15.5 Å². The Balaban J connectivity index is 1.85. The molecule has 2 aromatic rings. The zero-order valence-corrected chi connectivity index (χ0v) is 14.7. The molecule has 0 atom stereocenters. The maximum atomic E-state index is 13.7. The zero-order valence-electron chi connectivity index (χ0n) is 13.9. The smallest absolute Gasteiger partial charge is 0.139 e. The van der Waals surface area contributed by atoms with Crippen LogP contribution in [0.2, 0.25) is 0 Å². The number of hydrogen-bond acceptors (Lipinski definition) is 5. The van der Waals surface area contributed by atoms with Crippen LogP contribution in [0.5, 0.6) is 0 Å². The third-order valence-electron chi connectivity index (χ3n) is 4.41. The van der Waals surface area contributed by atoms with E-state index in [-0.39, 0.29) is 5.82 Å². The minimum Gasteiger partial charge on any atom is -0.353 e. The third-order valence-corrected chi connectivity index (χ3v) is 5.76. The van der Waals surface area contributed by atoms with Gasteiger partial charge in [0.2, 0.25) is 0 Å². The number of fused-ring (bicyclic) bond motifs is 2. The number of aliphatic imine (C=N–C) groups is 1. The van der Waals surface area contributed by atoms with Crippen LogP contribution >= 0.6 is 11.3 Å². The van der Waals surface area contributed by atoms with Crippen molar-refractivity contribution >= 4 is 33.5 Å². The molecule has 3 heterocycles. The van der Waals surface area contributed by atoms with Crippen molar-refractivity contribution in [2.24, 2.45) is 4.99 Å². The van der Waals surface area contributed by atoms with Gasteiger partial charge in [-0.2, -0.15) is 0 Å². The summed E-state index contributed by atoms with van der Waals surface area (Å²) in [5.41, 5.74) is 2.65. The van der Waals surface area contributed by atoms with E-state index in [0.717, 1.165) is 54.0 Å². The van der Waals surface area contributed by atoms with E-state index in [9.17, 15) is 4.39 Å². The van der Waals surface area contributed by atoms with E-state index in [0.29, 0.717) is 5.92 Å². The van der Waals surface area contributed by atoms with E-state index in [4.69, 9.17) is 4.99 Å². The lowest BCUT2D eigenvalue weighted by Gasteiger charge is -2.30. The van der Waals surface area contributed by atoms with Crippen LogP contribution in [-0.4, -0.2) is 36.9 Å². The van der Waals surface area contributed by atoms with Crippen molar-refractivity contribution in [1.82, 2.24) is 10.2 Å². The second-order valence-electron chi connectivity index (χ2n) is 6.51. The van der Waals surface area contributed by atoms with E-state index in [1.54, 1.807) is 17.4 Å². The highest BCUT2D eigenvalue weighted by molar-refractivity contribution is 7.16. The summed E-state index contributed by atoms with van der Waals surface area (Å²) in [5, 5.41) is 7.85. The van der Waals surface area contributed by atoms with Crippen LogP contribution in [0.25, 0.3) is 0 Å². The van der Waals surface area contributed by atoms with Crippen LogP contribution in [0.15, 0.2) is 29.3 Å². The first-order valence-corrected chi connectivity index (χ1v) is 9.18. The molecule has 1 fully saturated rings. The minimum absolute atomic E-state index is 0.246. The second kappa shape index (κ2) is 6.18. The fraction of sp³-hybridized carbons (Fsp3) is 0.389. The van der Waals surface area contributed by atoms with Crippen LogP contribution in [0.3, 0.4) is 0 Å². The summed E-state index contributed by atoms with van der Waals surface area (Å²) in [7, 11) is 0. The Hall–Kier alpha value is -1.92. The molecule has 0 aliphatic carbocycles. The quantitative estimate of drug-likeness (QED) is 0.820. The van der Waals surface area contributed by atoms with E-state index >= 15 is 0 Å². The highest BCUT2D eigenvalue weighted by atomic mass is 32.1. The predicted octanol–water partition coefficient (Wildman–Crippen LogP) is 4.05. The summed E-state index contributed by atoms with van der Waals surface area (Å²) in [6.07, 6.45) is 0. The van der Waals surface area contributed by atoms with Crippen molar-refractivity contribution in [2.45, 2.75) is 19.8 Å². The first kappa shape index (κ1) is 15.6. The number of amidine groups is 1. The van der Waals surface area contributed by atoms with Crippen LogP contribution in [0.1, 0.15) is 30.2 Å². The minimum atomic E-state index is -0.246. The van der Waals surface area contributed by atoms with Crippen LogP contribution in [0.4, 0.5) is 20.8 Å². The molecule has 4 nitrogen and oxygen atoms in total. The molecule has 24 heavy (non-hydrogen) atoms. The van der Waals surface area contributed by atoms with Crippen molar-refractivity contribution < 1.29 is 4.39 Å². The number of nitrogens with zero attached hydrogens (tertiary/aromatic N) is 2. The Morgan fingerprint density at radius 1 is 1.21 bits per heavy atom. The Kier molecular flexibility index (Phi) is 4.02. The summed E-state index contributed by atoms with van der Waals surface area (Å²) in [5.74, 6) is 1.21. The van der Waals surface area contributed by atoms with Gasteiger partial charge in [-0.3, -0.25) is 0 Å². The van der Waals surface area contributed by atoms with E-state index < -0.39 is 0 Å². The van der Waals surface area contributed by atoms with Crippen molar-refractivity contribution in [1.29, 1.82) is 0 Å². The molecule has 0 bridgehead atoms. The molecule has 6 heteroatoms. The van der Waals surface area contributed by atoms with Crippen LogP contribution in [-0.2, 0) is 0 Å². The molecule has 0 saturated carbocycles. The van der Waals surface area contributed by atoms with E-state index in [2.05, 4.69) is 35.4 Å². The average Bonchev–Trinajstić information content (AvgIpc) is 2.93. The number of nitrogens with one attached hydrogen (secondary N) is 2. The standard InChI is InChI=1S/C18H21FN4S/c1-11(2)16-10-13-17(23-7-5-20-6-8-23)21-14-4-3-12(19)9-15(14)22-18(13)24-16/h3-4,9-11,20,22H,5-8H2,1-2H3. The normalized spacial score (nSPS) is 17.0. The van der Waals surface area contributed by atoms with Gasteiger partial charge in [0.15, 0.2) is 0 Å². The highest BCUT2D eigenvalue weighted by Gasteiger charge is 2.25. The van der Waals surface area contributed by atoms with E-state index in [1.165, 1.54) is 17.0 Å². The lowest BCUT2D eigenvalue weighted by atomic mass is 10.1. The molecule has 2 N–H and O–H groups in total. The number of rotatable bonds is 1. The zero-order chi connectivity index (χ0) is 16.7. The molecule has 126 valence electrons. The van der Waals surface area contributed by atoms with E-state index in [1.807, 2.05) is 0 Å². The number of halogens is 1. The van der Waals surface area contributed by atoms with Gasteiger partial charge in [0.25, 0.3) is 0 Å². The maximum absolute atomic E-state index is 13.7. The summed E-state index contributed by atoms with van der Waals surface area (Å²) >= 11 is 1.74. The average molecular weight is 344 g/mol. The monoisotopic (exact) mass is 344 g/mol. The molecule has 4 rings (SSSR count). The first-order valence-electron chi connectivity index (χ1n) is 8.37. The first-order chi connectivity index (χ1) is 11.6. The van der Waals surface area contributed by atoms with Crippen LogP contribution < -0.4 is 10.6 Å². The number of anilines is 2. The number of hydrogen-bond donors (Lipinski definition) is 2. The maximum Gasteiger partial charge on any atom is 0.139 e. The van der Waals surface area contributed by atoms with Gasteiger partial charge in [0, 0.05) is 31.1 Å². The largest absolute Gasteiger partial charge is 0.353 e. The number of thiophene rings is 1. The molecule has 0 unspecified atom stereocenters. The molecule has 1 aromatic heterocycles. The van der Waals surface area contributed by atoms with Crippen LogP contribution in [0, 0.1) is 5.82 Å². The van der Waals surface area contributed by atoms with Crippen molar-refractivity contribution in [3.8, 4) is 0 Å². The SMILES string of the molecule is CC(C)c1cc2c(s1)Nc1cc(F)ccc1N=C2N1CCNCC1.